The molecule has 0 radical (unpaired) electrons. The second kappa shape index (κ2) is 10.1. The van der Waals surface area contributed by atoms with E-state index >= 15 is 0 Å². The number of rotatable bonds is 8. The molecule has 0 saturated carbocycles. The molecule has 1 N–H and O–H groups in total. The SMILES string of the molecule is O=C(COC(=O)/C=C/c1ccc(OC(F)(F)F)cc1)NCCc1ccccc1. The zero-order valence-corrected chi connectivity index (χ0v) is 14.7. The molecule has 28 heavy (non-hydrogen) atoms. The summed E-state index contributed by atoms with van der Waals surface area (Å²) in [5.41, 5.74) is 1.55. The van der Waals surface area contributed by atoms with Crippen LogP contribution in [0.4, 0.5) is 13.2 Å². The van der Waals surface area contributed by atoms with Crippen molar-refractivity contribution in [2.24, 2.45) is 0 Å². The van der Waals surface area contributed by atoms with E-state index in [2.05, 4.69) is 10.1 Å². The Bertz CT molecular complexity index is 802. The molecule has 0 bridgehead atoms. The molecule has 2 aromatic carbocycles. The molecule has 148 valence electrons. The topological polar surface area (TPSA) is 64.6 Å². The van der Waals surface area contributed by atoms with E-state index in [4.69, 9.17) is 4.74 Å². The van der Waals surface area contributed by atoms with Gasteiger partial charge in [0.1, 0.15) is 5.75 Å². The zero-order chi connectivity index (χ0) is 20.4. The second-order valence-corrected chi connectivity index (χ2v) is 5.64. The van der Waals surface area contributed by atoms with Gasteiger partial charge < -0.3 is 14.8 Å². The number of nitrogens with one attached hydrogen (secondary N) is 1. The molecule has 0 heterocycles. The van der Waals surface area contributed by atoms with E-state index in [1.54, 1.807) is 0 Å². The molecule has 2 rings (SSSR count). The lowest BCUT2D eigenvalue weighted by Gasteiger charge is -2.08. The fraction of sp³-hybridized carbons (Fsp3) is 0.200. The van der Waals surface area contributed by atoms with Crippen LogP contribution in [0, 0.1) is 0 Å². The summed E-state index contributed by atoms with van der Waals surface area (Å²) < 4.78 is 44.8. The molecule has 0 aliphatic rings. The van der Waals surface area contributed by atoms with Gasteiger partial charge >= 0.3 is 12.3 Å². The predicted molar refractivity (Wildman–Crippen MR) is 96.3 cm³/mol. The summed E-state index contributed by atoms with van der Waals surface area (Å²) in [6.45, 7) is -0.00109. The van der Waals surface area contributed by atoms with Gasteiger partial charge in [-0.3, -0.25) is 4.79 Å². The molecule has 1 amide bonds. The van der Waals surface area contributed by atoms with E-state index in [0.717, 1.165) is 23.8 Å². The lowest BCUT2D eigenvalue weighted by Crippen LogP contribution is -2.30. The first-order chi connectivity index (χ1) is 13.3. The first-order valence-corrected chi connectivity index (χ1v) is 8.33. The molecule has 2 aromatic rings. The van der Waals surface area contributed by atoms with Crippen LogP contribution in [0.2, 0.25) is 0 Å². The number of hydrogen-bond acceptors (Lipinski definition) is 4. The molecule has 0 atom stereocenters. The number of amides is 1. The quantitative estimate of drug-likeness (QED) is 0.551. The van der Waals surface area contributed by atoms with E-state index < -0.39 is 24.8 Å². The van der Waals surface area contributed by atoms with Crippen LogP contribution >= 0.6 is 0 Å². The second-order valence-electron chi connectivity index (χ2n) is 5.64. The molecule has 0 fully saturated rings. The number of carbonyl (C=O) groups excluding carboxylic acids is 2. The van der Waals surface area contributed by atoms with Gasteiger partial charge in [-0.15, -0.1) is 13.2 Å². The van der Waals surface area contributed by atoms with Crippen molar-refractivity contribution >= 4 is 18.0 Å². The average molecular weight is 393 g/mol. The van der Waals surface area contributed by atoms with E-state index in [1.807, 2.05) is 30.3 Å². The maximum absolute atomic E-state index is 12.1. The Balaban J connectivity index is 1.69. The molecular formula is C20H18F3NO4. The summed E-state index contributed by atoms with van der Waals surface area (Å²) in [5.74, 6) is -1.53. The highest BCUT2D eigenvalue weighted by molar-refractivity contribution is 5.89. The van der Waals surface area contributed by atoms with E-state index in [0.29, 0.717) is 18.5 Å². The molecule has 0 aliphatic carbocycles. The molecule has 0 unspecified atom stereocenters. The minimum absolute atomic E-state index is 0.362. The minimum atomic E-state index is -4.76. The third-order valence-electron chi connectivity index (χ3n) is 3.45. The molecule has 0 saturated heterocycles. The number of benzene rings is 2. The van der Waals surface area contributed by atoms with E-state index in [1.165, 1.54) is 18.2 Å². The fourth-order valence-corrected chi connectivity index (χ4v) is 2.17. The standard InChI is InChI=1S/C20H18F3NO4/c21-20(22,23)28-17-9-6-16(7-10-17)8-11-19(26)27-14-18(25)24-13-12-15-4-2-1-3-5-15/h1-11H,12-14H2,(H,24,25)/b11-8+. The summed E-state index contributed by atoms with van der Waals surface area (Å²) in [7, 11) is 0. The molecule has 0 spiro atoms. The Hall–Kier alpha value is -3.29. The average Bonchev–Trinajstić information content (AvgIpc) is 2.65. The van der Waals surface area contributed by atoms with Gasteiger partial charge in [-0.25, -0.2) is 4.79 Å². The Morgan fingerprint density at radius 1 is 1.00 bits per heavy atom. The molecule has 5 nitrogen and oxygen atoms in total. The summed E-state index contributed by atoms with van der Waals surface area (Å²) in [5, 5.41) is 2.64. The number of hydrogen-bond donors (Lipinski definition) is 1. The largest absolute Gasteiger partial charge is 0.573 e. The third-order valence-corrected chi connectivity index (χ3v) is 3.45. The van der Waals surface area contributed by atoms with Crippen LogP contribution in [0.3, 0.4) is 0 Å². The highest BCUT2D eigenvalue weighted by Crippen LogP contribution is 2.22. The van der Waals surface area contributed by atoms with Crippen LogP contribution in [0.15, 0.2) is 60.7 Å². The first kappa shape index (κ1) is 21.0. The van der Waals surface area contributed by atoms with Gasteiger partial charge in [0.15, 0.2) is 6.61 Å². The van der Waals surface area contributed by atoms with Crippen molar-refractivity contribution in [3.8, 4) is 5.75 Å². The Morgan fingerprint density at radius 2 is 1.68 bits per heavy atom. The van der Waals surface area contributed by atoms with Crippen LogP contribution in [-0.2, 0) is 20.7 Å². The van der Waals surface area contributed by atoms with Gasteiger partial charge in [-0.05, 0) is 35.8 Å². The van der Waals surface area contributed by atoms with Crippen molar-refractivity contribution in [3.63, 3.8) is 0 Å². The highest BCUT2D eigenvalue weighted by Gasteiger charge is 2.30. The Kier molecular flexibility index (Phi) is 7.62. The number of carbonyl (C=O) groups is 2. The highest BCUT2D eigenvalue weighted by atomic mass is 19.4. The summed E-state index contributed by atoms with van der Waals surface area (Å²) in [4.78, 5) is 23.3. The maximum atomic E-state index is 12.1. The minimum Gasteiger partial charge on any atom is -0.452 e. The lowest BCUT2D eigenvalue weighted by molar-refractivity contribution is -0.274. The van der Waals surface area contributed by atoms with Gasteiger partial charge in [0.2, 0.25) is 0 Å². The number of alkyl halides is 3. The zero-order valence-electron chi connectivity index (χ0n) is 14.7. The lowest BCUT2D eigenvalue weighted by atomic mass is 10.1. The number of esters is 1. The van der Waals surface area contributed by atoms with Crippen LogP contribution in [0.5, 0.6) is 5.75 Å². The van der Waals surface area contributed by atoms with Crippen molar-refractivity contribution < 1.29 is 32.2 Å². The normalized spacial score (nSPS) is 11.2. The van der Waals surface area contributed by atoms with Crippen LogP contribution in [-0.4, -0.2) is 31.4 Å². The van der Waals surface area contributed by atoms with Crippen molar-refractivity contribution in [1.82, 2.24) is 5.32 Å². The van der Waals surface area contributed by atoms with Gasteiger partial charge in [-0.1, -0.05) is 42.5 Å². The van der Waals surface area contributed by atoms with Crippen LogP contribution in [0.25, 0.3) is 6.08 Å². The maximum Gasteiger partial charge on any atom is 0.573 e. The first-order valence-electron chi connectivity index (χ1n) is 8.33. The predicted octanol–water partition coefficient (Wildman–Crippen LogP) is 3.50. The van der Waals surface area contributed by atoms with Gasteiger partial charge in [0.05, 0.1) is 0 Å². The molecular weight excluding hydrogens is 375 g/mol. The number of ether oxygens (including phenoxy) is 2. The fourth-order valence-electron chi connectivity index (χ4n) is 2.17. The van der Waals surface area contributed by atoms with Gasteiger partial charge in [0, 0.05) is 12.6 Å². The van der Waals surface area contributed by atoms with Crippen LogP contribution in [0.1, 0.15) is 11.1 Å². The van der Waals surface area contributed by atoms with Crippen molar-refractivity contribution in [2.75, 3.05) is 13.2 Å². The monoisotopic (exact) mass is 393 g/mol. The van der Waals surface area contributed by atoms with Crippen molar-refractivity contribution in [1.29, 1.82) is 0 Å². The molecule has 0 aromatic heterocycles. The third kappa shape index (κ3) is 8.39. The summed E-state index contributed by atoms with van der Waals surface area (Å²) in [6, 6.07) is 14.5. The van der Waals surface area contributed by atoms with E-state index in [-0.39, 0.29) is 5.75 Å². The number of halogens is 3. The summed E-state index contributed by atoms with van der Waals surface area (Å²) >= 11 is 0. The summed E-state index contributed by atoms with van der Waals surface area (Å²) in [6.07, 6.45) is -1.67. The smallest absolute Gasteiger partial charge is 0.452 e. The van der Waals surface area contributed by atoms with E-state index in [9.17, 15) is 22.8 Å². The Morgan fingerprint density at radius 3 is 2.32 bits per heavy atom. The molecule has 0 aliphatic heterocycles. The van der Waals surface area contributed by atoms with Crippen molar-refractivity contribution in [2.45, 2.75) is 12.8 Å². The van der Waals surface area contributed by atoms with Gasteiger partial charge in [-0.2, -0.15) is 0 Å². The van der Waals surface area contributed by atoms with Gasteiger partial charge in [0.25, 0.3) is 5.91 Å². The van der Waals surface area contributed by atoms with Crippen molar-refractivity contribution in [3.05, 3.63) is 71.8 Å². The Labute approximate surface area is 159 Å². The van der Waals surface area contributed by atoms with Crippen LogP contribution < -0.4 is 10.1 Å². The molecule has 8 heteroatoms.